The van der Waals surface area contributed by atoms with Crippen molar-refractivity contribution in [3.8, 4) is 11.5 Å². The second-order valence-electron chi connectivity index (χ2n) is 4.52. The Labute approximate surface area is 121 Å². The van der Waals surface area contributed by atoms with E-state index in [0.29, 0.717) is 24.6 Å². The van der Waals surface area contributed by atoms with Gasteiger partial charge in [0.05, 0.1) is 16.0 Å². The average molecular weight is 293 g/mol. The summed E-state index contributed by atoms with van der Waals surface area (Å²) in [6, 6.07) is 3.82. The van der Waals surface area contributed by atoms with Gasteiger partial charge in [0.2, 0.25) is 6.79 Å². The third-order valence-electron chi connectivity index (χ3n) is 3.18. The van der Waals surface area contributed by atoms with Gasteiger partial charge in [-0.05, 0) is 0 Å². The molecule has 1 aliphatic rings. The Bertz CT molecular complexity index is 668. The monoisotopic (exact) mass is 293 g/mol. The van der Waals surface area contributed by atoms with Gasteiger partial charge in [0.15, 0.2) is 11.5 Å². The fourth-order valence-electron chi connectivity index (χ4n) is 2.28. The van der Waals surface area contributed by atoms with E-state index in [4.69, 9.17) is 32.2 Å². The van der Waals surface area contributed by atoms with Gasteiger partial charge in [-0.2, -0.15) is 0 Å². The normalized spacial score (nSPS) is 13.1. The summed E-state index contributed by atoms with van der Waals surface area (Å²) in [5.41, 5.74) is 7.41. The van der Waals surface area contributed by atoms with E-state index >= 15 is 0 Å². The third-order valence-corrected chi connectivity index (χ3v) is 3.38. The van der Waals surface area contributed by atoms with E-state index in [0.717, 1.165) is 28.4 Å². The number of hydrogen-bond donors (Lipinski definition) is 1. The topological polar surface area (TPSA) is 71.5 Å². The summed E-state index contributed by atoms with van der Waals surface area (Å²) in [7, 11) is 1.64. The lowest BCUT2D eigenvalue weighted by Crippen LogP contribution is -2.13. The van der Waals surface area contributed by atoms with Crippen molar-refractivity contribution in [1.82, 2.24) is 9.55 Å². The molecule has 0 spiro atoms. The summed E-state index contributed by atoms with van der Waals surface area (Å²) in [5, 5.41) is 0. The highest BCUT2D eigenvalue weighted by molar-refractivity contribution is 7.80. The van der Waals surface area contributed by atoms with Gasteiger partial charge in [0.25, 0.3) is 0 Å². The molecule has 0 bridgehead atoms. The van der Waals surface area contributed by atoms with Crippen LogP contribution >= 0.6 is 12.2 Å². The van der Waals surface area contributed by atoms with Gasteiger partial charge in [-0.15, -0.1) is 0 Å². The molecule has 106 valence electrons. The molecular formula is C13H15N3O3S. The van der Waals surface area contributed by atoms with Gasteiger partial charge in [0, 0.05) is 32.2 Å². The van der Waals surface area contributed by atoms with Crippen LogP contribution in [-0.4, -0.2) is 28.4 Å². The van der Waals surface area contributed by atoms with Crippen LogP contribution in [0.4, 0.5) is 0 Å². The van der Waals surface area contributed by atoms with Crippen molar-refractivity contribution < 1.29 is 14.2 Å². The lowest BCUT2D eigenvalue weighted by atomic mass is 10.2. The summed E-state index contributed by atoms with van der Waals surface area (Å²) in [5.74, 6) is 2.29. The Morgan fingerprint density at radius 2 is 2.20 bits per heavy atom. The molecule has 0 radical (unpaired) electrons. The Morgan fingerprint density at radius 1 is 1.45 bits per heavy atom. The van der Waals surface area contributed by atoms with Crippen molar-refractivity contribution in [3.05, 3.63) is 18.0 Å². The second-order valence-corrected chi connectivity index (χ2v) is 5.05. The second kappa shape index (κ2) is 5.26. The highest BCUT2D eigenvalue weighted by Crippen LogP contribution is 2.36. The molecule has 0 fully saturated rings. The number of nitrogens with two attached hydrogens (primary N) is 1. The SMILES string of the molecule is COCc1nc2cc3c(cc2n1CCC(N)=S)OCO3. The molecule has 0 unspecified atom stereocenters. The zero-order chi connectivity index (χ0) is 14.1. The Balaban J connectivity index is 2.07. The highest BCUT2D eigenvalue weighted by Gasteiger charge is 2.19. The Kier molecular flexibility index (Phi) is 3.45. The number of benzene rings is 1. The number of thiocarbonyl (C=S) groups is 1. The predicted molar refractivity (Wildman–Crippen MR) is 78.0 cm³/mol. The minimum atomic E-state index is 0.250. The average Bonchev–Trinajstić information content (AvgIpc) is 2.97. The first-order chi connectivity index (χ1) is 9.69. The van der Waals surface area contributed by atoms with Crippen LogP contribution in [0.5, 0.6) is 11.5 Å². The molecule has 7 heteroatoms. The lowest BCUT2D eigenvalue weighted by Gasteiger charge is -2.08. The molecule has 6 nitrogen and oxygen atoms in total. The number of fused-ring (bicyclic) bond motifs is 2. The summed E-state index contributed by atoms with van der Waals surface area (Å²) in [6.07, 6.45) is 0.617. The van der Waals surface area contributed by atoms with E-state index in [1.807, 2.05) is 12.1 Å². The number of imidazole rings is 1. The first-order valence-electron chi connectivity index (χ1n) is 6.25. The first-order valence-corrected chi connectivity index (χ1v) is 6.66. The van der Waals surface area contributed by atoms with Crippen molar-refractivity contribution in [2.24, 2.45) is 5.73 Å². The molecule has 2 heterocycles. The summed E-state index contributed by atoms with van der Waals surface area (Å²) in [6.45, 7) is 1.35. The van der Waals surface area contributed by atoms with Crippen LogP contribution in [-0.2, 0) is 17.9 Å². The molecule has 2 aromatic rings. The van der Waals surface area contributed by atoms with Gasteiger partial charge < -0.3 is 24.5 Å². The van der Waals surface area contributed by atoms with Crippen LogP contribution in [0.1, 0.15) is 12.2 Å². The molecule has 1 aromatic heterocycles. The number of rotatable bonds is 5. The van der Waals surface area contributed by atoms with Crippen LogP contribution in [0.25, 0.3) is 11.0 Å². The maximum Gasteiger partial charge on any atom is 0.231 e. The fourth-order valence-corrected chi connectivity index (χ4v) is 2.37. The number of methoxy groups -OCH3 is 1. The largest absolute Gasteiger partial charge is 0.454 e. The van der Waals surface area contributed by atoms with Crippen LogP contribution < -0.4 is 15.2 Å². The van der Waals surface area contributed by atoms with Crippen LogP contribution in [0.3, 0.4) is 0 Å². The van der Waals surface area contributed by atoms with Crippen molar-refractivity contribution in [2.75, 3.05) is 13.9 Å². The maximum absolute atomic E-state index is 5.59. The number of aryl methyl sites for hydroxylation is 1. The summed E-state index contributed by atoms with van der Waals surface area (Å²) in [4.78, 5) is 5.06. The highest BCUT2D eigenvalue weighted by atomic mass is 32.1. The number of nitrogens with zero attached hydrogens (tertiary/aromatic N) is 2. The van der Waals surface area contributed by atoms with Crippen LogP contribution in [0.2, 0.25) is 0 Å². The Hall–Kier alpha value is -1.86. The van der Waals surface area contributed by atoms with Gasteiger partial charge in [0.1, 0.15) is 12.4 Å². The van der Waals surface area contributed by atoms with E-state index in [2.05, 4.69) is 9.55 Å². The minimum absolute atomic E-state index is 0.250. The van der Waals surface area contributed by atoms with Crippen LogP contribution in [0, 0.1) is 0 Å². The quantitative estimate of drug-likeness (QED) is 0.844. The van der Waals surface area contributed by atoms with E-state index in [1.54, 1.807) is 7.11 Å². The fraction of sp³-hybridized carbons (Fsp3) is 0.385. The molecule has 1 aliphatic heterocycles. The van der Waals surface area contributed by atoms with Crippen molar-refractivity contribution in [1.29, 1.82) is 0 Å². The molecule has 0 amide bonds. The van der Waals surface area contributed by atoms with E-state index < -0.39 is 0 Å². The van der Waals surface area contributed by atoms with E-state index in [-0.39, 0.29) is 6.79 Å². The molecule has 20 heavy (non-hydrogen) atoms. The third kappa shape index (κ3) is 2.30. The van der Waals surface area contributed by atoms with E-state index in [9.17, 15) is 0 Å². The molecule has 0 saturated carbocycles. The smallest absolute Gasteiger partial charge is 0.231 e. The van der Waals surface area contributed by atoms with Crippen molar-refractivity contribution in [2.45, 2.75) is 19.6 Å². The molecule has 0 atom stereocenters. The zero-order valence-corrected chi connectivity index (χ0v) is 11.9. The van der Waals surface area contributed by atoms with Gasteiger partial charge in [-0.25, -0.2) is 4.98 Å². The van der Waals surface area contributed by atoms with E-state index in [1.165, 1.54) is 0 Å². The number of aromatic nitrogens is 2. The predicted octanol–water partition coefficient (Wildman–Crippen LogP) is 1.59. The molecule has 3 rings (SSSR count). The summed E-state index contributed by atoms with van der Waals surface area (Å²) < 4.78 is 18.0. The first kappa shape index (κ1) is 13.1. The zero-order valence-electron chi connectivity index (χ0n) is 11.1. The van der Waals surface area contributed by atoms with Crippen molar-refractivity contribution >= 4 is 28.2 Å². The van der Waals surface area contributed by atoms with Gasteiger partial charge >= 0.3 is 0 Å². The standard InChI is InChI=1S/C13H15N3O3S/c1-17-6-13-15-8-4-10-11(19-7-18-10)5-9(8)16(13)3-2-12(14)20/h4-5H,2-3,6-7H2,1H3,(H2,14,20). The van der Waals surface area contributed by atoms with Crippen LogP contribution in [0.15, 0.2) is 12.1 Å². The number of hydrogen-bond acceptors (Lipinski definition) is 5. The number of ether oxygens (including phenoxy) is 3. The lowest BCUT2D eigenvalue weighted by molar-refractivity contribution is 0.173. The molecule has 0 saturated heterocycles. The minimum Gasteiger partial charge on any atom is -0.454 e. The molecule has 1 aromatic carbocycles. The van der Waals surface area contributed by atoms with Gasteiger partial charge in [-0.3, -0.25) is 0 Å². The molecule has 0 aliphatic carbocycles. The molecule has 2 N–H and O–H groups in total. The maximum atomic E-state index is 5.59. The Morgan fingerprint density at radius 3 is 2.90 bits per heavy atom. The van der Waals surface area contributed by atoms with Crippen molar-refractivity contribution in [3.63, 3.8) is 0 Å². The summed E-state index contributed by atoms with van der Waals surface area (Å²) >= 11 is 4.95. The molecular weight excluding hydrogens is 278 g/mol. The van der Waals surface area contributed by atoms with Gasteiger partial charge in [-0.1, -0.05) is 12.2 Å².